The first-order valence-corrected chi connectivity index (χ1v) is 15.2. The minimum absolute atomic E-state index is 0.0292. The number of hydrogen-bond donors (Lipinski definition) is 2. The third-order valence-corrected chi connectivity index (χ3v) is 8.47. The number of piperidine rings is 1. The van der Waals surface area contributed by atoms with Crippen molar-refractivity contribution in [2.24, 2.45) is 0 Å². The summed E-state index contributed by atoms with van der Waals surface area (Å²) in [4.78, 5) is 33.5. The van der Waals surface area contributed by atoms with Gasteiger partial charge in [0.1, 0.15) is 11.3 Å². The molecule has 2 fully saturated rings. The smallest absolute Gasteiger partial charge is 0.423 e. The first kappa shape index (κ1) is 30.9. The lowest BCUT2D eigenvalue weighted by atomic mass is 10.0. The summed E-state index contributed by atoms with van der Waals surface area (Å²) in [6.07, 6.45) is -1.09. The van der Waals surface area contributed by atoms with Gasteiger partial charge in [0.25, 0.3) is 5.91 Å². The number of rotatable bonds is 8. The number of nitrogens with one attached hydrogen (secondary N) is 2. The SMILES string of the molecule is CCc1cc(C(=O)NC2CCN(N3CCOCC3)CC2)ccc1Nc1ncc(C(F)(F)F)c(Oc2cccc3c2C(=O)CC3)n1. The van der Waals surface area contributed by atoms with Crippen molar-refractivity contribution in [2.45, 2.75) is 51.2 Å². The molecule has 3 heterocycles. The summed E-state index contributed by atoms with van der Waals surface area (Å²) >= 11 is 0. The zero-order valence-corrected chi connectivity index (χ0v) is 25.0. The van der Waals surface area contributed by atoms with Crippen LogP contribution in [-0.4, -0.2) is 77.1 Å². The summed E-state index contributed by atoms with van der Waals surface area (Å²) in [5, 5.41) is 10.8. The zero-order chi connectivity index (χ0) is 31.6. The highest BCUT2D eigenvalue weighted by molar-refractivity contribution is 6.03. The average molecular weight is 625 g/mol. The molecule has 0 atom stereocenters. The number of benzene rings is 2. The predicted molar refractivity (Wildman–Crippen MR) is 160 cm³/mol. The van der Waals surface area contributed by atoms with E-state index in [0.29, 0.717) is 30.3 Å². The van der Waals surface area contributed by atoms with E-state index in [1.165, 1.54) is 6.07 Å². The fourth-order valence-electron chi connectivity index (χ4n) is 6.03. The number of anilines is 2. The molecule has 0 radical (unpaired) electrons. The van der Waals surface area contributed by atoms with E-state index in [-0.39, 0.29) is 41.4 Å². The van der Waals surface area contributed by atoms with E-state index in [9.17, 15) is 22.8 Å². The van der Waals surface area contributed by atoms with Gasteiger partial charge in [-0.15, -0.1) is 0 Å². The maximum atomic E-state index is 13.9. The van der Waals surface area contributed by atoms with Gasteiger partial charge in [0.05, 0.1) is 18.8 Å². The second kappa shape index (κ2) is 13.1. The lowest BCUT2D eigenvalue weighted by molar-refractivity contribution is -0.139. The van der Waals surface area contributed by atoms with Gasteiger partial charge in [-0.2, -0.15) is 18.2 Å². The second-order valence-corrected chi connectivity index (χ2v) is 11.3. The Balaban J connectivity index is 1.15. The van der Waals surface area contributed by atoms with E-state index in [0.717, 1.165) is 63.4 Å². The molecule has 6 rings (SSSR count). The Morgan fingerprint density at radius 2 is 1.82 bits per heavy atom. The molecule has 2 saturated heterocycles. The first-order valence-electron chi connectivity index (χ1n) is 15.2. The first-order chi connectivity index (χ1) is 21.7. The highest BCUT2D eigenvalue weighted by Gasteiger charge is 2.37. The van der Waals surface area contributed by atoms with Crippen LogP contribution in [0.3, 0.4) is 0 Å². The van der Waals surface area contributed by atoms with Crippen molar-refractivity contribution in [1.29, 1.82) is 0 Å². The number of morpholine rings is 1. The topological polar surface area (TPSA) is 109 Å². The number of carbonyl (C=O) groups excluding carboxylic acids is 2. The fourth-order valence-corrected chi connectivity index (χ4v) is 6.03. The third-order valence-electron chi connectivity index (χ3n) is 8.47. The molecule has 0 saturated carbocycles. The number of aromatic nitrogens is 2. The number of ketones is 1. The standard InChI is InChI=1S/C32H35F3N6O4/c1-2-20-18-22(29(43)37-23-10-12-40(13-11-23)41-14-16-44-17-15-41)6-8-25(20)38-31-36-19-24(32(33,34)35)30(39-31)45-27-5-3-4-21-7-9-26(42)28(21)27/h3-6,8,18-19,23H,2,7,9-17H2,1H3,(H,37,43)(H,36,38,39). The molecule has 2 aliphatic heterocycles. The lowest BCUT2D eigenvalue weighted by Gasteiger charge is -2.41. The number of carbonyl (C=O) groups is 2. The molecule has 3 aromatic rings. The Labute approximate surface area is 258 Å². The van der Waals surface area contributed by atoms with Crippen molar-refractivity contribution < 1.29 is 32.2 Å². The molecule has 1 aliphatic carbocycles. The average Bonchev–Trinajstić information content (AvgIpc) is 3.43. The minimum atomic E-state index is -4.78. The van der Waals surface area contributed by atoms with Gasteiger partial charge < -0.3 is 20.1 Å². The molecule has 13 heteroatoms. The summed E-state index contributed by atoms with van der Waals surface area (Å²) in [6, 6.07) is 10.1. The van der Waals surface area contributed by atoms with Crippen molar-refractivity contribution in [3.8, 4) is 11.6 Å². The molecule has 238 valence electrons. The maximum Gasteiger partial charge on any atom is 0.423 e. The zero-order valence-electron chi connectivity index (χ0n) is 25.0. The summed E-state index contributed by atoms with van der Waals surface area (Å²) < 4.78 is 52.7. The molecular formula is C32H35F3N6O4. The van der Waals surface area contributed by atoms with Crippen LogP contribution < -0.4 is 15.4 Å². The van der Waals surface area contributed by atoms with E-state index in [1.807, 2.05) is 6.92 Å². The van der Waals surface area contributed by atoms with Crippen molar-refractivity contribution in [3.05, 3.63) is 70.4 Å². The molecule has 1 amide bonds. The van der Waals surface area contributed by atoms with Crippen LogP contribution in [-0.2, 0) is 23.8 Å². The van der Waals surface area contributed by atoms with Gasteiger partial charge in [-0.3, -0.25) is 9.59 Å². The molecule has 0 unspecified atom stereocenters. The van der Waals surface area contributed by atoms with Crippen molar-refractivity contribution in [3.63, 3.8) is 0 Å². The van der Waals surface area contributed by atoms with E-state index in [4.69, 9.17) is 9.47 Å². The molecule has 2 aromatic carbocycles. The number of alkyl halides is 3. The van der Waals surface area contributed by atoms with Gasteiger partial charge in [-0.25, -0.2) is 15.0 Å². The monoisotopic (exact) mass is 624 g/mol. The normalized spacial score (nSPS) is 18.1. The quantitative estimate of drug-likeness (QED) is 0.351. The van der Waals surface area contributed by atoms with Gasteiger partial charge in [0.15, 0.2) is 5.78 Å². The number of Topliss-reactive ketones (excluding diaryl/α,β-unsaturated/α-hetero) is 1. The number of hydrogen-bond acceptors (Lipinski definition) is 9. The third kappa shape index (κ3) is 6.95. The molecular weight excluding hydrogens is 589 g/mol. The highest BCUT2D eigenvalue weighted by atomic mass is 19.4. The molecule has 3 aliphatic rings. The van der Waals surface area contributed by atoms with Gasteiger partial charge in [-0.1, -0.05) is 19.1 Å². The second-order valence-electron chi connectivity index (χ2n) is 11.3. The Morgan fingerprint density at radius 3 is 2.56 bits per heavy atom. The van der Waals surface area contributed by atoms with Crippen LogP contribution in [0, 0.1) is 0 Å². The molecule has 1 aromatic heterocycles. The van der Waals surface area contributed by atoms with E-state index >= 15 is 0 Å². The fraction of sp³-hybridized carbons (Fsp3) is 0.438. The Kier molecular flexibility index (Phi) is 9.02. The molecule has 0 bridgehead atoms. The van der Waals surface area contributed by atoms with Crippen LogP contribution in [0.2, 0.25) is 0 Å². The summed E-state index contributed by atoms with van der Waals surface area (Å²) in [6.45, 7) is 6.90. The van der Waals surface area contributed by atoms with Crippen molar-refractivity contribution in [2.75, 3.05) is 44.7 Å². The highest BCUT2D eigenvalue weighted by Crippen LogP contribution is 2.40. The van der Waals surface area contributed by atoms with Gasteiger partial charge in [0.2, 0.25) is 11.8 Å². The molecule has 45 heavy (non-hydrogen) atoms. The lowest BCUT2D eigenvalue weighted by Crippen LogP contribution is -2.54. The van der Waals surface area contributed by atoms with Crippen molar-refractivity contribution >= 4 is 23.3 Å². The van der Waals surface area contributed by atoms with Gasteiger partial charge in [-0.05, 0) is 61.1 Å². The van der Waals surface area contributed by atoms with Crippen LogP contribution in [0.25, 0.3) is 0 Å². The Hall–Kier alpha value is -4.07. The summed E-state index contributed by atoms with van der Waals surface area (Å²) in [5.74, 6) is -1.15. The van der Waals surface area contributed by atoms with Crippen molar-refractivity contribution in [1.82, 2.24) is 25.3 Å². The number of aryl methyl sites for hydroxylation is 2. The number of amides is 1. The maximum absolute atomic E-state index is 13.9. The van der Waals surface area contributed by atoms with E-state index in [1.54, 1.807) is 30.3 Å². The van der Waals surface area contributed by atoms with Gasteiger partial charge >= 0.3 is 6.18 Å². The largest absolute Gasteiger partial charge is 0.437 e. The molecule has 0 spiro atoms. The van der Waals surface area contributed by atoms with Crippen LogP contribution in [0.5, 0.6) is 11.6 Å². The molecule has 2 N–H and O–H groups in total. The number of fused-ring (bicyclic) bond motifs is 1. The number of halogens is 3. The van der Waals surface area contributed by atoms with E-state index in [2.05, 4.69) is 30.6 Å². The Morgan fingerprint density at radius 1 is 1.07 bits per heavy atom. The number of nitrogens with zero attached hydrogens (tertiary/aromatic N) is 4. The summed E-state index contributed by atoms with van der Waals surface area (Å²) in [5.41, 5.74) is 1.66. The molecule has 10 nitrogen and oxygen atoms in total. The van der Waals surface area contributed by atoms with Crippen LogP contribution in [0.1, 0.15) is 63.6 Å². The number of hydrazine groups is 1. The van der Waals surface area contributed by atoms with Gasteiger partial charge in [0, 0.05) is 56.1 Å². The van der Waals surface area contributed by atoms with Crippen LogP contribution >= 0.6 is 0 Å². The van der Waals surface area contributed by atoms with Crippen LogP contribution in [0.15, 0.2) is 42.6 Å². The Bertz CT molecular complexity index is 1570. The van der Waals surface area contributed by atoms with E-state index < -0.39 is 17.6 Å². The number of ether oxygens (including phenoxy) is 2. The predicted octanol–water partition coefficient (Wildman–Crippen LogP) is 5.16. The van der Waals surface area contributed by atoms with Crippen LogP contribution in [0.4, 0.5) is 24.8 Å². The minimum Gasteiger partial charge on any atom is -0.437 e. The summed E-state index contributed by atoms with van der Waals surface area (Å²) in [7, 11) is 0.